The SMILES string of the molecule is COc1c(C(=O)Cc2c(C(F)(F)F)c(C(F)(F)C(F)(F)F)nn2C)cccc1[N+](=O)[O-]. The minimum atomic E-state index is -6.38. The summed E-state index contributed by atoms with van der Waals surface area (Å²) in [5.74, 6) is -7.84. The number of ketones is 1. The van der Waals surface area contributed by atoms with Gasteiger partial charge in [0.15, 0.2) is 11.5 Å². The van der Waals surface area contributed by atoms with E-state index in [9.17, 15) is 50.0 Å². The molecule has 2 rings (SSSR count). The summed E-state index contributed by atoms with van der Waals surface area (Å²) in [6.45, 7) is 0. The lowest BCUT2D eigenvalue weighted by Gasteiger charge is -2.19. The molecule has 1 heterocycles. The Morgan fingerprint density at radius 3 is 2.19 bits per heavy atom. The second-order valence-corrected chi connectivity index (χ2v) is 6.08. The molecule has 0 aliphatic heterocycles. The molecule has 31 heavy (non-hydrogen) atoms. The van der Waals surface area contributed by atoms with Crippen molar-refractivity contribution >= 4 is 11.5 Å². The van der Waals surface area contributed by atoms with E-state index in [4.69, 9.17) is 4.74 Å². The molecule has 0 unspecified atom stereocenters. The number of halogens is 8. The Kier molecular flexibility index (Phi) is 6.02. The van der Waals surface area contributed by atoms with Crippen LogP contribution in [0, 0.1) is 10.1 Å². The maximum absolute atomic E-state index is 13.7. The highest BCUT2D eigenvalue weighted by atomic mass is 19.4. The first-order chi connectivity index (χ1) is 14.0. The van der Waals surface area contributed by atoms with E-state index in [1.165, 1.54) is 0 Å². The number of alkyl halides is 8. The second-order valence-electron chi connectivity index (χ2n) is 6.08. The van der Waals surface area contributed by atoms with Crippen molar-refractivity contribution in [2.75, 3.05) is 7.11 Å². The molecule has 7 nitrogen and oxygen atoms in total. The van der Waals surface area contributed by atoms with Crippen LogP contribution in [0.25, 0.3) is 0 Å². The summed E-state index contributed by atoms with van der Waals surface area (Å²) in [6.07, 6.45) is -13.4. The van der Waals surface area contributed by atoms with E-state index in [0.29, 0.717) is 7.05 Å². The number of hydrogen-bond acceptors (Lipinski definition) is 5. The Bertz CT molecular complexity index is 1030. The monoisotopic (exact) mass is 461 g/mol. The molecule has 0 fully saturated rings. The van der Waals surface area contributed by atoms with Gasteiger partial charge in [-0.25, -0.2) is 0 Å². The molecule has 0 aliphatic rings. The molecule has 15 heteroatoms. The summed E-state index contributed by atoms with van der Waals surface area (Å²) in [4.78, 5) is 22.6. The fourth-order valence-corrected chi connectivity index (χ4v) is 2.76. The van der Waals surface area contributed by atoms with Crippen molar-refractivity contribution < 1.29 is 49.6 Å². The van der Waals surface area contributed by atoms with Crippen molar-refractivity contribution in [2.24, 2.45) is 7.05 Å². The topological polar surface area (TPSA) is 87.3 Å². The molecular weight excluding hydrogens is 450 g/mol. The van der Waals surface area contributed by atoms with E-state index in [1.54, 1.807) is 0 Å². The predicted molar refractivity (Wildman–Crippen MR) is 85.8 cm³/mol. The highest BCUT2D eigenvalue weighted by Crippen LogP contribution is 2.48. The fraction of sp³-hybridized carbons (Fsp3) is 0.375. The maximum Gasteiger partial charge on any atom is 0.459 e. The number of carbonyl (C=O) groups is 1. The van der Waals surface area contributed by atoms with Crippen molar-refractivity contribution in [3.63, 3.8) is 0 Å². The number of ether oxygens (including phenoxy) is 1. The molecule has 0 saturated heterocycles. The third kappa shape index (κ3) is 4.29. The van der Waals surface area contributed by atoms with Crippen LogP contribution in [0.4, 0.5) is 40.8 Å². The average molecular weight is 461 g/mol. The van der Waals surface area contributed by atoms with E-state index in [2.05, 4.69) is 5.10 Å². The zero-order valence-electron chi connectivity index (χ0n) is 15.4. The van der Waals surface area contributed by atoms with Gasteiger partial charge < -0.3 is 4.74 Å². The predicted octanol–water partition coefficient (Wildman–Crippen LogP) is 4.44. The molecule has 0 spiro atoms. The molecule has 2 aromatic rings. The number of nitrogens with zero attached hydrogens (tertiary/aromatic N) is 3. The van der Waals surface area contributed by atoms with Crippen molar-refractivity contribution in [3.05, 3.63) is 50.8 Å². The molecule has 0 bridgehead atoms. The minimum Gasteiger partial charge on any atom is -0.490 e. The molecule has 0 saturated carbocycles. The van der Waals surface area contributed by atoms with Crippen LogP contribution in [0.2, 0.25) is 0 Å². The summed E-state index contributed by atoms with van der Waals surface area (Å²) in [5, 5.41) is 13.7. The van der Waals surface area contributed by atoms with Crippen LogP contribution in [0.15, 0.2) is 18.2 Å². The van der Waals surface area contributed by atoms with E-state index < -0.39 is 69.4 Å². The lowest BCUT2D eigenvalue weighted by molar-refractivity contribution is -0.385. The Labute approximate surface area is 167 Å². The lowest BCUT2D eigenvalue weighted by Crippen LogP contribution is -2.36. The van der Waals surface area contributed by atoms with Gasteiger partial charge >= 0.3 is 24.0 Å². The van der Waals surface area contributed by atoms with Gasteiger partial charge in [0.1, 0.15) is 5.56 Å². The summed E-state index contributed by atoms with van der Waals surface area (Å²) in [5.41, 5.74) is -7.60. The highest BCUT2D eigenvalue weighted by molar-refractivity contribution is 6.01. The largest absolute Gasteiger partial charge is 0.490 e. The quantitative estimate of drug-likeness (QED) is 0.275. The van der Waals surface area contributed by atoms with Crippen LogP contribution < -0.4 is 4.74 Å². The van der Waals surface area contributed by atoms with Crippen molar-refractivity contribution in [1.29, 1.82) is 0 Å². The van der Waals surface area contributed by atoms with Gasteiger partial charge in [-0.3, -0.25) is 19.6 Å². The zero-order chi connectivity index (χ0) is 23.9. The first-order valence-electron chi connectivity index (χ1n) is 7.96. The molecule has 0 N–H and O–H groups in total. The average Bonchev–Trinajstić information content (AvgIpc) is 2.97. The van der Waals surface area contributed by atoms with Gasteiger partial charge in [-0.1, -0.05) is 6.07 Å². The van der Waals surface area contributed by atoms with Crippen LogP contribution in [-0.2, 0) is 25.6 Å². The molecule has 1 aromatic heterocycles. The number of benzene rings is 1. The summed E-state index contributed by atoms with van der Waals surface area (Å²) in [6, 6.07) is 2.91. The van der Waals surface area contributed by atoms with Crippen LogP contribution in [0.3, 0.4) is 0 Å². The van der Waals surface area contributed by atoms with Crippen LogP contribution in [0.5, 0.6) is 5.75 Å². The molecule has 0 aliphatic carbocycles. The molecule has 170 valence electrons. The number of nitro benzene ring substituents is 1. The van der Waals surface area contributed by atoms with E-state index in [1.807, 2.05) is 0 Å². The van der Waals surface area contributed by atoms with Crippen LogP contribution >= 0.6 is 0 Å². The van der Waals surface area contributed by atoms with E-state index >= 15 is 0 Å². The summed E-state index contributed by atoms with van der Waals surface area (Å²) in [7, 11) is 1.59. The molecule has 0 amide bonds. The van der Waals surface area contributed by atoms with Gasteiger partial charge in [-0.15, -0.1) is 0 Å². The first kappa shape index (κ1) is 24.0. The fourth-order valence-electron chi connectivity index (χ4n) is 2.76. The van der Waals surface area contributed by atoms with Crippen molar-refractivity contribution in [1.82, 2.24) is 9.78 Å². The zero-order valence-corrected chi connectivity index (χ0v) is 15.4. The normalized spacial score (nSPS) is 12.7. The minimum absolute atomic E-state index is 0.0829. The van der Waals surface area contributed by atoms with Crippen LogP contribution in [-0.4, -0.2) is 33.8 Å². The smallest absolute Gasteiger partial charge is 0.459 e. The lowest BCUT2D eigenvalue weighted by atomic mass is 10.00. The second kappa shape index (κ2) is 7.77. The number of para-hydroxylation sites is 1. The first-order valence-corrected chi connectivity index (χ1v) is 7.96. The Morgan fingerprint density at radius 2 is 1.74 bits per heavy atom. The maximum atomic E-state index is 13.7. The van der Waals surface area contributed by atoms with Gasteiger partial charge in [-0.05, 0) is 6.07 Å². The molecule has 1 aromatic carbocycles. The number of rotatable bonds is 6. The third-order valence-corrected chi connectivity index (χ3v) is 4.13. The number of hydrogen-bond donors (Lipinski definition) is 0. The van der Waals surface area contributed by atoms with Gasteiger partial charge in [0.05, 0.1) is 29.7 Å². The van der Waals surface area contributed by atoms with Gasteiger partial charge in [0, 0.05) is 13.1 Å². The van der Waals surface area contributed by atoms with Crippen molar-refractivity contribution in [2.45, 2.75) is 24.7 Å². The summed E-state index contributed by atoms with van der Waals surface area (Å²) < 4.78 is 110. The Hall–Kier alpha value is -3.26. The number of aryl methyl sites for hydroxylation is 1. The molecule has 0 radical (unpaired) electrons. The van der Waals surface area contributed by atoms with Gasteiger partial charge in [-0.2, -0.15) is 40.2 Å². The van der Waals surface area contributed by atoms with Crippen molar-refractivity contribution in [3.8, 4) is 5.75 Å². The standard InChI is InChI=1S/C16H11F8N3O4/c1-26-9(6-10(28)7-4-3-5-8(27(29)30)12(7)31-2)11(15(19,20)21)13(25-26)14(17,18)16(22,23)24/h3-5H,6H2,1-2H3. The number of carbonyl (C=O) groups excluding carboxylic acids is 1. The molecule has 0 atom stereocenters. The third-order valence-electron chi connectivity index (χ3n) is 4.13. The molecular formula is C16H11F8N3O4. The number of nitro groups is 1. The van der Waals surface area contributed by atoms with Gasteiger partial charge in [0.25, 0.3) is 0 Å². The highest BCUT2D eigenvalue weighted by Gasteiger charge is 2.64. The number of aromatic nitrogens is 2. The summed E-state index contributed by atoms with van der Waals surface area (Å²) >= 11 is 0. The number of methoxy groups -OCH3 is 1. The van der Waals surface area contributed by atoms with Gasteiger partial charge in [0.2, 0.25) is 5.75 Å². The van der Waals surface area contributed by atoms with E-state index in [-0.39, 0.29) is 4.68 Å². The Balaban J connectivity index is 2.66. The number of Topliss-reactive ketones (excluding diaryl/α,β-unsaturated/α-hetero) is 1. The Morgan fingerprint density at radius 1 is 1.16 bits per heavy atom. The van der Waals surface area contributed by atoms with Crippen LogP contribution in [0.1, 0.15) is 27.3 Å². The van der Waals surface area contributed by atoms with E-state index in [0.717, 1.165) is 25.3 Å².